The summed E-state index contributed by atoms with van der Waals surface area (Å²) in [5.74, 6) is 0.308. The van der Waals surface area contributed by atoms with Crippen LogP contribution in [0, 0.1) is 5.92 Å². The molecule has 3 aromatic rings. The van der Waals surface area contributed by atoms with Crippen LogP contribution in [0.3, 0.4) is 0 Å². The van der Waals surface area contributed by atoms with Gasteiger partial charge in [0, 0.05) is 42.8 Å². The Bertz CT molecular complexity index is 1350. The van der Waals surface area contributed by atoms with Gasteiger partial charge in [-0.15, -0.1) is 0 Å². The van der Waals surface area contributed by atoms with Gasteiger partial charge in [-0.1, -0.05) is 56.2 Å². The van der Waals surface area contributed by atoms with Crippen molar-refractivity contribution in [3.8, 4) is 17.0 Å². The number of benzene rings is 2. The van der Waals surface area contributed by atoms with Crippen LogP contribution in [0.1, 0.15) is 61.6 Å². The van der Waals surface area contributed by atoms with E-state index in [1.165, 1.54) is 23.9 Å². The Morgan fingerprint density at radius 2 is 1.76 bits per heavy atom. The lowest BCUT2D eigenvalue weighted by molar-refractivity contribution is -0.138. The third kappa shape index (κ3) is 7.07. The summed E-state index contributed by atoms with van der Waals surface area (Å²) in [5.41, 5.74) is 2.46. The van der Waals surface area contributed by atoms with Crippen molar-refractivity contribution in [2.75, 3.05) is 13.1 Å². The lowest BCUT2D eigenvalue weighted by Gasteiger charge is -2.39. The minimum Gasteiger partial charge on any atom is -0.391 e. The second-order valence-electron chi connectivity index (χ2n) is 10.9. The molecule has 41 heavy (non-hydrogen) atoms. The average Bonchev–Trinajstić information content (AvgIpc) is 3.52. The Hall–Kier alpha value is -3.88. The second kappa shape index (κ2) is 12.3. The summed E-state index contributed by atoms with van der Waals surface area (Å²) in [4.78, 5) is 32.2. The van der Waals surface area contributed by atoms with E-state index in [0.717, 1.165) is 49.8 Å². The lowest BCUT2D eigenvalue weighted by atomic mass is 9.87. The third-order valence-electron chi connectivity index (χ3n) is 8.10. The van der Waals surface area contributed by atoms with Crippen LogP contribution in [0.4, 0.5) is 18.0 Å². The van der Waals surface area contributed by atoms with Crippen LogP contribution in [0.2, 0.25) is 0 Å². The third-order valence-corrected chi connectivity index (χ3v) is 8.10. The van der Waals surface area contributed by atoms with Crippen molar-refractivity contribution in [1.29, 1.82) is 0 Å². The fraction of sp³-hybridized carbons (Fsp3) is 0.406. The molecule has 1 N–H and O–H groups in total. The molecule has 2 fully saturated rings. The Morgan fingerprint density at radius 1 is 1.00 bits per heavy atom. The first-order valence-corrected chi connectivity index (χ1v) is 14.2. The van der Waals surface area contributed by atoms with E-state index in [1.54, 1.807) is 12.1 Å². The van der Waals surface area contributed by atoms with E-state index < -0.39 is 17.8 Å². The summed E-state index contributed by atoms with van der Waals surface area (Å²) < 4.78 is 44.6. The van der Waals surface area contributed by atoms with Crippen molar-refractivity contribution in [2.45, 2.75) is 63.6 Å². The van der Waals surface area contributed by atoms with Gasteiger partial charge in [0.1, 0.15) is 0 Å². The number of nitrogens with zero attached hydrogens (tertiary/aromatic N) is 2. The van der Waals surface area contributed by atoms with E-state index in [4.69, 9.17) is 4.74 Å². The fourth-order valence-corrected chi connectivity index (χ4v) is 5.86. The first-order chi connectivity index (χ1) is 19.7. The molecule has 0 bridgehead atoms. The maximum atomic E-state index is 13.3. The second-order valence-corrected chi connectivity index (χ2v) is 10.9. The zero-order chi connectivity index (χ0) is 29.0. The highest BCUT2D eigenvalue weighted by molar-refractivity contribution is 5.79. The molecular formula is C32H34F3N3O3. The molecule has 1 saturated carbocycles. The highest BCUT2D eigenvalue weighted by atomic mass is 19.4. The monoisotopic (exact) mass is 565 g/mol. The maximum Gasteiger partial charge on any atom is 0.416 e. The van der Waals surface area contributed by atoms with Crippen LogP contribution in [0.5, 0.6) is 5.88 Å². The number of aryl methyl sites for hydroxylation is 1. The topological polar surface area (TPSA) is 71.5 Å². The van der Waals surface area contributed by atoms with Gasteiger partial charge < -0.3 is 15.0 Å². The molecule has 1 aromatic heterocycles. The van der Waals surface area contributed by atoms with Crippen molar-refractivity contribution in [3.05, 3.63) is 83.6 Å². The lowest BCUT2D eigenvalue weighted by Crippen LogP contribution is -2.53. The maximum absolute atomic E-state index is 13.3. The normalized spacial score (nSPS) is 19.7. The van der Waals surface area contributed by atoms with Gasteiger partial charge in [0.15, 0.2) is 0 Å². The number of likely N-dealkylation sites (tertiary alicyclic amines) is 1. The molecule has 2 heterocycles. The van der Waals surface area contributed by atoms with Crippen LogP contribution in [-0.4, -0.2) is 41.0 Å². The van der Waals surface area contributed by atoms with Crippen LogP contribution in [-0.2, 0) is 17.4 Å². The van der Waals surface area contributed by atoms with Crippen LogP contribution in [0.25, 0.3) is 11.1 Å². The molecule has 2 atom stereocenters. The van der Waals surface area contributed by atoms with Crippen molar-refractivity contribution in [3.63, 3.8) is 0 Å². The van der Waals surface area contributed by atoms with Gasteiger partial charge in [0.2, 0.25) is 11.8 Å². The first kappa shape index (κ1) is 28.6. The first-order valence-electron chi connectivity index (χ1n) is 14.2. The highest BCUT2D eigenvalue weighted by Gasteiger charge is 2.35. The van der Waals surface area contributed by atoms with Gasteiger partial charge in [-0.3, -0.25) is 4.79 Å². The van der Waals surface area contributed by atoms with Gasteiger partial charge in [-0.05, 0) is 60.6 Å². The SMILES string of the molecule is CCc1ccc(C2CC(NC(=O)Oc3ccc(-c4cccc(C(F)(F)F)c4)cn3)CN(C(=O)C3CCCC3)C2)cc1. The number of pyridine rings is 1. The minimum atomic E-state index is -4.45. The van der Waals surface area contributed by atoms with Gasteiger partial charge in [-0.25, -0.2) is 9.78 Å². The van der Waals surface area contributed by atoms with Gasteiger partial charge in [0.05, 0.1) is 11.6 Å². The van der Waals surface area contributed by atoms with E-state index in [9.17, 15) is 22.8 Å². The number of hydrogen-bond donors (Lipinski definition) is 1. The number of piperidine rings is 1. The van der Waals surface area contributed by atoms with E-state index >= 15 is 0 Å². The highest BCUT2D eigenvalue weighted by Crippen LogP contribution is 2.33. The standard InChI is InChI=1S/C32H34F3N3O3/c1-2-21-10-12-22(13-11-21)26-17-28(20-38(19-26)30(39)23-6-3-4-7-23)37-31(40)41-29-15-14-25(18-36-29)24-8-5-9-27(16-24)32(33,34)35/h5,8-16,18,23,26,28H,2-4,6-7,17,19-20H2,1H3,(H,37,40). The molecule has 6 nitrogen and oxygen atoms in total. The molecule has 2 aliphatic rings. The average molecular weight is 566 g/mol. The van der Waals surface area contributed by atoms with E-state index in [0.29, 0.717) is 30.6 Å². The Labute approximate surface area is 237 Å². The molecule has 9 heteroatoms. The number of rotatable bonds is 6. The summed E-state index contributed by atoms with van der Waals surface area (Å²) in [6, 6.07) is 16.1. The molecule has 2 unspecified atom stereocenters. The van der Waals surface area contributed by atoms with Crippen molar-refractivity contribution >= 4 is 12.0 Å². The Balaban J connectivity index is 1.25. The molecule has 2 aromatic carbocycles. The number of aromatic nitrogens is 1. The fourth-order valence-electron chi connectivity index (χ4n) is 5.86. The predicted molar refractivity (Wildman–Crippen MR) is 149 cm³/mol. The summed E-state index contributed by atoms with van der Waals surface area (Å²) >= 11 is 0. The van der Waals surface area contributed by atoms with E-state index in [2.05, 4.69) is 41.5 Å². The minimum absolute atomic E-state index is 0.0274. The zero-order valence-electron chi connectivity index (χ0n) is 23.0. The number of alkyl halides is 3. The summed E-state index contributed by atoms with van der Waals surface area (Å²) in [6.07, 6.45) is 1.81. The number of carbonyl (C=O) groups is 2. The Morgan fingerprint density at radius 3 is 2.41 bits per heavy atom. The number of carbonyl (C=O) groups excluding carboxylic acids is 2. The summed E-state index contributed by atoms with van der Waals surface area (Å²) in [6.45, 7) is 3.14. The molecule has 0 spiro atoms. The van der Waals surface area contributed by atoms with Gasteiger partial charge >= 0.3 is 12.3 Å². The molecule has 5 rings (SSSR count). The van der Waals surface area contributed by atoms with Crippen molar-refractivity contribution in [2.24, 2.45) is 5.92 Å². The molecule has 0 radical (unpaired) electrons. The quantitative estimate of drug-likeness (QED) is 0.350. The predicted octanol–water partition coefficient (Wildman–Crippen LogP) is 6.99. The molecule has 2 amide bonds. The van der Waals surface area contributed by atoms with Crippen LogP contribution >= 0.6 is 0 Å². The molecule has 1 aliphatic carbocycles. The Kier molecular flexibility index (Phi) is 8.61. The molecule has 1 aliphatic heterocycles. The van der Waals surface area contributed by atoms with Gasteiger partial charge in [0.25, 0.3) is 0 Å². The van der Waals surface area contributed by atoms with E-state index in [-0.39, 0.29) is 29.7 Å². The molecule has 216 valence electrons. The number of amides is 2. The van der Waals surface area contributed by atoms with Gasteiger partial charge in [-0.2, -0.15) is 13.2 Å². The van der Waals surface area contributed by atoms with Crippen molar-refractivity contribution < 1.29 is 27.5 Å². The number of nitrogens with one attached hydrogen (secondary N) is 1. The smallest absolute Gasteiger partial charge is 0.391 e. The summed E-state index contributed by atoms with van der Waals surface area (Å²) in [7, 11) is 0. The molecule has 1 saturated heterocycles. The summed E-state index contributed by atoms with van der Waals surface area (Å²) in [5, 5.41) is 2.92. The largest absolute Gasteiger partial charge is 0.416 e. The van der Waals surface area contributed by atoms with Crippen LogP contribution in [0.15, 0.2) is 66.9 Å². The number of ether oxygens (including phenoxy) is 1. The van der Waals surface area contributed by atoms with E-state index in [1.807, 2.05) is 4.90 Å². The molecular weight excluding hydrogens is 531 g/mol. The number of hydrogen-bond acceptors (Lipinski definition) is 4. The zero-order valence-corrected chi connectivity index (χ0v) is 23.0. The van der Waals surface area contributed by atoms with Crippen LogP contribution < -0.4 is 10.1 Å². The number of halogens is 3. The van der Waals surface area contributed by atoms with Crippen molar-refractivity contribution in [1.82, 2.24) is 15.2 Å².